The number of nitrogens with zero attached hydrogens (tertiary/aromatic N) is 11. The Morgan fingerprint density at radius 1 is 0.973 bits per heavy atom. The molecular formula is C55H67ClF2N12O3. The van der Waals surface area contributed by atoms with Crippen LogP contribution in [0.3, 0.4) is 0 Å². The zero-order valence-corrected chi connectivity index (χ0v) is 44.0. The van der Waals surface area contributed by atoms with E-state index in [1.54, 1.807) is 67.7 Å². The van der Waals surface area contributed by atoms with Crippen LogP contribution in [0.2, 0.25) is 5.02 Å². The predicted octanol–water partition coefficient (Wildman–Crippen LogP) is 9.18. The maximum atomic E-state index is 14.8. The molecule has 18 heteroatoms. The van der Waals surface area contributed by atoms with Gasteiger partial charge in [0, 0.05) is 136 Å². The Balaban J connectivity index is 0.769. The molecule has 2 saturated heterocycles. The molecule has 4 aliphatic heterocycles. The molecule has 10 rings (SSSR count). The van der Waals surface area contributed by atoms with Crippen LogP contribution in [-0.2, 0) is 31.2 Å². The summed E-state index contributed by atoms with van der Waals surface area (Å²) in [6, 6.07) is 10.7. The fourth-order valence-corrected chi connectivity index (χ4v) is 13.5. The van der Waals surface area contributed by atoms with E-state index in [0.717, 1.165) is 86.7 Å². The summed E-state index contributed by atoms with van der Waals surface area (Å²) in [7, 11) is 1.79. The van der Waals surface area contributed by atoms with Crippen LogP contribution in [0.5, 0.6) is 5.75 Å². The Morgan fingerprint density at radius 3 is 2.32 bits per heavy atom. The highest BCUT2D eigenvalue weighted by Gasteiger charge is 2.64. The first-order valence-electron chi connectivity index (χ1n) is 25.9. The van der Waals surface area contributed by atoms with E-state index < -0.39 is 17.3 Å². The highest BCUT2D eigenvalue weighted by atomic mass is 35.5. The quantitative estimate of drug-likeness (QED) is 0.135. The van der Waals surface area contributed by atoms with Crippen molar-refractivity contribution in [1.29, 1.82) is 5.26 Å². The Labute approximate surface area is 431 Å². The molecule has 5 aromatic rings. The summed E-state index contributed by atoms with van der Waals surface area (Å²) in [6.45, 7) is 20.8. The normalized spacial score (nSPS) is 23.9. The molecule has 1 saturated carbocycles. The van der Waals surface area contributed by atoms with E-state index in [2.05, 4.69) is 77.4 Å². The van der Waals surface area contributed by atoms with E-state index >= 15 is 0 Å². The monoisotopic (exact) mass is 1020 g/mol. The average Bonchev–Trinajstić information content (AvgIpc) is 3.98. The van der Waals surface area contributed by atoms with Gasteiger partial charge in [0.1, 0.15) is 17.9 Å². The third-order valence-corrected chi connectivity index (χ3v) is 17.2. The molecule has 2 aromatic carbocycles. The van der Waals surface area contributed by atoms with Crippen molar-refractivity contribution in [2.45, 2.75) is 112 Å². The number of fused-ring (bicyclic) bond motifs is 2. The number of rotatable bonds is 11. The van der Waals surface area contributed by atoms with Crippen LogP contribution in [0.4, 0.5) is 26.2 Å². The zero-order chi connectivity index (χ0) is 51.7. The van der Waals surface area contributed by atoms with Gasteiger partial charge in [-0.3, -0.25) is 19.0 Å². The van der Waals surface area contributed by atoms with Crippen molar-refractivity contribution in [3.63, 3.8) is 0 Å². The van der Waals surface area contributed by atoms with Crippen LogP contribution < -0.4 is 19.9 Å². The summed E-state index contributed by atoms with van der Waals surface area (Å²) in [5.41, 5.74) is 5.12. The van der Waals surface area contributed by atoms with Crippen molar-refractivity contribution in [2.75, 3.05) is 55.6 Å². The first-order valence-corrected chi connectivity index (χ1v) is 26.2. The molecule has 3 atom stereocenters. The van der Waals surface area contributed by atoms with Gasteiger partial charge in [-0.1, -0.05) is 53.1 Å². The standard InChI is InChI=1S/C55H67ClF2N12O3/c1-32-27-68(53-60-24-37(25-61-53)50(72)63-51-54(4,5)52(55(51,6)7)73-40-12-11-36(23-59)45(56)21-40)28-33(2)43(32)30-66-17-13-39(14-18-66)70-46-15-19-67(34(3)71)31-44(46)49(64-70)69-16-9-10-35-20-41(38-26-62-65(8)29-38)42(48(57)58)22-47(35)69/h11-12,20-22,24-26,29,32-33,39,43,48,51-52H,9-10,13-19,27-28,30-31H2,1-8H3,(H,63,72)/t32-,33+,43?,51?,52?. The van der Waals surface area contributed by atoms with E-state index in [1.165, 1.54) is 0 Å². The Hall–Kier alpha value is -6.12. The van der Waals surface area contributed by atoms with E-state index in [0.29, 0.717) is 82.8 Å². The highest BCUT2D eigenvalue weighted by Crippen LogP contribution is 2.56. The van der Waals surface area contributed by atoms with Gasteiger partial charge in [0.05, 0.1) is 34.9 Å². The lowest BCUT2D eigenvalue weighted by molar-refractivity contribution is -0.164. The summed E-state index contributed by atoms with van der Waals surface area (Å²) >= 11 is 6.29. The lowest BCUT2D eigenvalue weighted by Gasteiger charge is -2.63. The fraction of sp³-hybridized carbons (Fsp3) is 0.545. The van der Waals surface area contributed by atoms with Gasteiger partial charge in [0.15, 0.2) is 5.82 Å². The lowest BCUT2D eigenvalue weighted by atomic mass is 9.49. The number of halogens is 3. The van der Waals surface area contributed by atoms with Gasteiger partial charge in [-0.2, -0.15) is 15.5 Å². The number of aromatic nitrogens is 6. The second-order valence-corrected chi connectivity index (χ2v) is 22.9. The maximum absolute atomic E-state index is 14.8. The van der Waals surface area contributed by atoms with Crippen molar-refractivity contribution in [3.05, 3.63) is 93.7 Å². The molecule has 7 heterocycles. The van der Waals surface area contributed by atoms with Crippen molar-refractivity contribution in [1.82, 2.24) is 44.6 Å². The molecule has 73 heavy (non-hydrogen) atoms. The minimum absolute atomic E-state index is 0.0164. The zero-order valence-electron chi connectivity index (χ0n) is 43.2. The van der Waals surface area contributed by atoms with Crippen molar-refractivity contribution >= 4 is 40.9 Å². The minimum atomic E-state index is -2.67. The summed E-state index contributed by atoms with van der Waals surface area (Å²) in [5.74, 6) is 3.02. The number of nitriles is 1. The van der Waals surface area contributed by atoms with Crippen LogP contribution in [0.15, 0.2) is 55.1 Å². The molecule has 5 aliphatic rings. The average molecular weight is 1020 g/mol. The molecule has 1 unspecified atom stereocenters. The largest absolute Gasteiger partial charge is 0.489 e. The number of ether oxygens (including phenoxy) is 1. The van der Waals surface area contributed by atoms with Gasteiger partial charge in [0.2, 0.25) is 11.9 Å². The minimum Gasteiger partial charge on any atom is -0.489 e. The molecule has 2 amide bonds. The number of piperidine rings is 2. The number of hydrogen-bond donors (Lipinski definition) is 1. The van der Waals surface area contributed by atoms with Gasteiger partial charge in [0.25, 0.3) is 12.3 Å². The Bertz CT molecular complexity index is 2910. The molecule has 386 valence electrons. The molecule has 1 aliphatic carbocycles. The summed E-state index contributed by atoms with van der Waals surface area (Å²) in [5, 5.41) is 22.5. The third kappa shape index (κ3) is 9.43. The van der Waals surface area contributed by atoms with Gasteiger partial charge in [-0.15, -0.1) is 0 Å². The second kappa shape index (κ2) is 19.6. The number of anilines is 3. The second-order valence-electron chi connectivity index (χ2n) is 22.5. The Kier molecular flexibility index (Phi) is 13.6. The number of alkyl halides is 2. The van der Waals surface area contributed by atoms with Gasteiger partial charge < -0.3 is 29.7 Å². The highest BCUT2D eigenvalue weighted by molar-refractivity contribution is 6.31. The number of aryl methyl sites for hydroxylation is 2. The van der Waals surface area contributed by atoms with Crippen molar-refractivity contribution in [3.8, 4) is 22.9 Å². The number of carbonyl (C=O) groups excluding carboxylic acids is 2. The number of carbonyl (C=O) groups is 2. The first kappa shape index (κ1) is 50.4. The summed E-state index contributed by atoms with van der Waals surface area (Å²) in [4.78, 5) is 44.7. The smallest absolute Gasteiger partial charge is 0.264 e. The number of amides is 2. The molecule has 0 bridgehead atoms. The Morgan fingerprint density at radius 2 is 1.68 bits per heavy atom. The van der Waals surface area contributed by atoms with Crippen LogP contribution in [0, 0.1) is 39.9 Å². The fourth-order valence-electron chi connectivity index (χ4n) is 13.3. The molecule has 15 nitrogen and oxygen atoms in total. The van der Waals surface area contributed by atoms with E-state index in [4.69, 9.17) is 31.4 Å². The lowest BCUT2D eigenvalue weighted by Crippen LogP contribution is -2.74. The molecular weight excluding hydrogens is 950 g/mol. The molecule has 0 spiro atoms. The van der Waals surface area contributed by atoms with Crippen LogP contribution in [-0.4, -0.2) is 109 Å². The van der Waals surface area contributed by atoms with E-state index in [9.17, 15) is 23.6 Å². The van der Waals surface area contributed by atoms with Crippen LogP contribution >= 0.6 is 11.6 Å². The number of nitrogens with one attached hydrogen (secondary N) is 1. The summed E-state index contributed by atoms with van der Waals surface area (Å²) in [6.07, 6.45) is 8.01. The molecule has 1 N–H and O–H groups in total. The molecule has 3 aromatic heterocycles. The topological polar surface area (TPSA) is 154 Å². The van der Waals surface area contributed by atoms with Gasteiger partial charge in [-0.05, 0) is 78.8 Å². The van der Waals surface area contributed by atoms with Gasteiger partial charge >= 0.3 is 0 Å². The first-order chi connectivity index (χ1) is 34.8. The number of benzene rings is 2. The van der Waals surface area contributed by atoms with Crippen molar-refractivity contribution in [2.24, 2.45) is 35.6 Å². The maximum Gasteiger partial charge on any atom is 0.264 e. The number of likely N-dealkylation sites (tertiary alicyclic amines) is 1. The summed E-state index contributed by atoms with van der Waals surface area (Å²) < 4.78 is 39.9. The number of hydrogen-bond acceptors (Lipinski definition) is 11. The van der Waals surface area contributed by atoms with Crippen molar-refractivity contribution < 1.29 is 23.1 Å². The SMILES string of the molecule is CC(=O)N1CCc2c(c(N3CCCc4cc(-c5cnn(C)c5)c(C(F)F)cc43)nn2C2CCN(CC3[C@H](C)CN(c4ncc(C(=O)NC5C(C)(C)C(Oc6ccc(C#N)c(Cl)c6)C5(C)C)cn4)C[C@@H]3C)CC2)C1. The van der Waals surface area contributed by atoms with Crippen LogP contribution in [0.1, 0.15) is 119 Å². The van der Waals surface area contributed by atoms with Crippen LogP contribution in [0.25, 0.3) is 11.1 Å². The third-order valence-electron chi connectivity index (χ3n) is 16.8. The molecule has 3 fully saturated rings. The predicted molar refractivity (Wildman–Crippen MR) is 276 cm³/mol. The molecule has 0 radical (unpaired) electrons. The van der Waals surface area contributed by atoms with E-state index in [1.807, 2.05) is 11.0 Å². The van der Waals surface area contributed by atoms with Gasteiger partial charge in [-0.25, -0.2) is 18.7 Å². The van der Waals surface area contributed by atoms with E-state index in [-0.39, 0.29) is 35.6 Å².